The van der Waals surface area contributed by atoms with Crippen LogP contribution >= 0.6 is 0 Å². The van der Waals surface area contributed by atoms with Crippen LogP contribution in [0.1, 0.15) is 32.1 Å². The molecule has 1 aliphatic carbocycles. The van der Waals surface area contributed by atoms with E-state index in [9.17, 15) is 0 Å². The van der Waals surface area contributed by atoms with Gasteiger partial charge in [-0.1, -0.05) is 19.3 Å². The standard InChI is InChI=1S/C10H24O5Si4/c1-17(2)11-16-12-19(13-16,15-18(3,4)14-17)10-8-6-5-7-9-10/h10,16H,5-9H2,1-4H3. The van der Waals surface area contributed by atoms with E-state index in [-0.39, 0.29) is 0 Å². The first kappa shape index (κ1) is 14.6. The second kappa shape index (κ2) is 4.85. The molecule has 0 aromatic carbocycles. The predicted molar refractivity (Wildman–Crippen MR) is 80.1 cm³/mol. The minimum absolute atomic E-state index is 0.479. The molecule has 0 amide bonds. The topological polar surface area (TPSA) is 46.2 Å². The maximum atomic E-state index is 6.41. The molecule has 2 bridgehead atoms. The Morgan fingerprint density at radius 3 is 2.05 bits per heavy atom. The first-order valence-electron chi connectivity index (χ1n) is 7.24. The normalized spacial score (nSPS) is 42.0. The summed E-state index contributed by atoms with van der Waals surface area (Å²) < 4.78 is 31.0. The van der Waals surface area contributed by atoms with Crippen molar-refractivity contribution in [3.05, 3.63) is 0 Å². The minimum Gasteiger partial charge on any atom is -0.416 e. The highest BCUT2D eigenvalue weighted by Crippen LogP contribution is 2.46. The Morgan fingerprint density at radius 2 is 1.42 bits per heavy atom. The Kier molecular flexibility index (Phi) is 3.73. The third-order valence-electron chi connectivity index (χ3n) is 3.89. The van der Waals surface area contributed by atoms with Crippen LogP contribution in [-0.2, 0) is 20.6 Å². The van der Waals surface area contributed by atoms with Gasteiger partial charge in [0.25, 0.3) is 0 Å². The largest absolute Gasteiger partial charge is 0.480 e. The Balaban J connectivity index is 1.78. The van der Waals surface area contributed by atoms with Gasteiger partial charge in [-0.25, -0.2) is 0 Å². The highest BCUT2D eigenvalue weighted by atomic mass is 28.6. The van der Waals surface area contributed by atoms with Crippen LogP contribution in [0.25, 0.3) is 0 Å². The van der Waals surface area contributed by atoms with Gasteiger partial charge in [-0.15, -0.1) is 0 Å². The lowest BCUT2D eigenvalue weighted by atomic mass is 10.0. The fraction of sp³-hybridized carbons (Fsp3) is 1.00. The third-order valence-corrected chi connectivity index (χ3v) is 19.7. The number of rotatable bonds is 1. The quantitative estimate of drug-likeness (QED) is 0.689. The monoisotopic (exact) mass is 336 g/mol. The van der Waals surface area contributed by atoms with E-state index in [1.807, 2.05) is 0 Å². The molecule has 4 rings (SSSR count). The molecule has 0 unspecified atom stereocenters. The third kappa shape index (κ3) is 2.99. The molecule has 4 aliphatic rings. The average Bonchev–Trinajstić information content (AvgIpc) is 2.23. The molecular weight excluding hydrogens is 312 g/mol. The van der Waals surface area contributed by atoms with Crippen LogP contribution in [0.2, 0.25) is 31.7 Å². The maximum absolute atomic E-state index is 6.41. The summed E-state index contributed by atoms with van der Waals surface area (Å²) >= 11 is 0. The average molecular weight is 337 g/mol. The lowest BCUT2D eigenvalue weighted by Crippen LogP contribution is -2.75. The molecule has 9 heteroatoms. The summed E-state index contributed by atoms with van der Waals surface area (Å²) in [6, 6.07) is 0. The van der Waals surface area contributed by atoms with Gasteiger partial charge in [-0.05, 0) is 39.0 Å². The van der Waals surface area contributed by atoms with Gasteiger partial charge in [0.1, 0.15) is 0 Å². The summed E-state index contributed by atoms with van der Waals surface area (Å²) in [6.45, 7) is 8.29. The van der Waals surface area contributed by atoms with E-state index in [1.165, 1.54) is 32.1 Å². The number of hydrogen-bond acceptors (Lipinski definition) is 5. The van der Waals surface area contributed by atoms with Crippen LogP contribution in [0.15, 0.2) is 0 Å². The van der Waals surface area contributed by atoms with E-state index in [1.54, 1.807) is 0 Å². The van der Waals surface area contributed by atoms with Crippen LogP contribution in [0.5, 0.6) is 0 Å². The Hall–Kier alpha value is 0.668. The van der Waals surface area contributed by atoms with Crippen molar-refractivity contribution in [1.29, 1.82) is 0 Å². The number of fused-ring (bicyclic) bond motifs is 4. The van der Waals surface area contributed by atoms with Crippen LogP contribution in [-0.4, -0.2) is 35.5 Å². The van der Waals surface area contributed by atoms with Crippen LogP contribution in [0, 0.1) is 0 Å². The zero-order chi connectivity index (χ0) is 13.7. The second-order valence-electron chi connectivity index (χ2n) is 6.58. The Morgan fingerprint density at radius 1 is 0.789 bits per heavy atom. The molecule has 0 aromatic heterocycles. The molecular formula is C10H24O5Si4. The zero-order valence-corrected chi connectivity index (χ0v) is 16.4. The minimum atomic E-state index is -2.48. The van der Waals surface area contributed by atoms with Crippen molar-refractivity contribution in [3.8, 4) is 0 Å². The molecule has 3 saturated heterocycles. The van der Waals surface area contributed by atoms with Crippen molar-refractivity contribution in [2.24, 2.45) is 0 Å². The molecule has 0 radical (unpaired) electrons. The van der Waals surface area contributed by atoms with Gasteiger partial charge in [0.15, 0.2) is 0 Å². The first-order valence-corrected chi connectivity index (χ1v) is 16.1. The summed E-state index contributed by atoms with van der Waals surface area (Å²) in [4.78, 5) is 0. The van der Waals surface area contributed by atoms with Crippen molar-refractivity contribution in [1.82, 2.24) is 0 Å². The summed E-state index contributed by atoms with van der Waals surface area (Å²) in [5, 5.41) is 0. The van der Waals surface area contributed by atoms with E-state index in [0.29, 0.717) is 5.54 Å². The summed E-state index contributed by atoms with van der Waals surface area (Å²) in [5.41, 5.74) is 0.479. The molecule has 19 heavy (non-hydrogen) atoms. The lowest BCUT2D eigenvalue weighted by molar-refractivity contribution is 0.0618. The van der Waals surface area contributed by atoms with Crippen molar-refractivity contribution < 1.29 is 20.6 Å². The molecule has 1 saturated carbocycles. The highest BCUT2D eigenvalue weighted by molar-refractivity contribution is 6.93. The van der Waals surface area contributed by atoms with E-state index in [4.69, 9.17) is 20.6 Å². The predicted octanol–water partition coefficient (Wildman–Crippen LogP) is 2.49. The Labute approximate surface area is 120 Å². The van der Waals surface area contributed by atoms with Gasteiger partial charge in [0.05, 0.1) is 0 Å². The molecule has 0 N–H and O–H groups in total. The van der Waals surface area contributed by atoms with Gasteiger partial charge >= 0.3 is 35.5 Å². The molecule has 4 fully saturated rings. The second-order valence-corrected chi connectivity index (χ2v) is 19.2. The SMILES string of the molecule is C[Si]1(C)O[SiH]2O[Si](C3CCCCC3)(O2)O[Si](C)(C)O1. The van der Waals surface area contributed by atoms with E-state index in [2.05, 4.69) is 26.2 Å². The maximum Gasteiger partial charge on any atom is 0.480 e. The van der Waals surface area contributed by atoms with Crippen molar-refractivity contribution in [2.45, 2.75) is 63.8 Å². The molecule has 0 aromatic rings. The molecule has 0 atom stereocenters. The van der Waals surface area contributed by atoms with Gasteiger partial charge in [0.2, 0.25) is 0 Å². The number of hydrogen-bond donors (Lipinski definition) is 0. The Bertz CT molecular complexity index is 352. The van der Waals surface area contributed by atoms with Gasteiger partial charge in [-0.3, -0.25) is 0 Å². The van der Waals surface area contributed by atoms with Crippen molar-refractivity contribution in [2.75, 3.05) is 0 Å². The van der Waals surface area contributed by atoms with Gasteiger partial charge < -0.3 is 20.6 Å². The first-order chi connectivity index (χ1) is 8.80. The van der Waals surface area contributed by atoms with Crippen LogP contribution < -0.4 is 0 Å². The summed E-state index contributed by atoms with van der Waals surface area (Å²) in [6.07, 6.45) is 6.23. The van der Waals surface area contributed by atoms with Gasteiger partial charge in [-0.2, -0.15) is 0 Å². The fourth-order valence-corrected chi connectivity index (χ4v) is 21.9. The highest BCUT2D eigenvalue weighted by Gasteiger charge is 2.66. The zero-order valence-electron chi connectivity index (χ0n) is 12.2. The van der Waals surface area contributed by atoms with E-state index >= 15 is 0 Å². The van der Waals surface area contributed by atoms with Gasteiger partial charge in [0, 0.05) is 5.54 Å². The lowest BCUT2D eigenvalue weighted by Gasteiger charge is -2.54. The summed E-state index contributed by atoms with van der Waals surface area (Å²) in [5.74, 6) is 0. The van der Waals surface area contributed by atoms with E-state index in [0.717, 1.165) is 0 Å². The fourth-order valence-electron chi connectivity index (χ4n) is 3.32. The smallest absolute Gasteiger partial charge is 0.416 e. The molecule has 5 nitrogen and oxygen atoms in total. The van der Waals surface area contributed by atoms with Crippen molar-refractivity contribution in [3.63, 3.8) is 0 Å². The molecule has 3 aliphatic heterocycles. The molecule has 110 valence electrons. The summed E-state index contributed by atoms with van der Waals surface area (Å²) in [7, 11) is -8.79. The molecule has 0 spiro atoms. The van der Waals surface area contributed by atoms with E-state index < -0.39 is 35.5 Å². The van der Waals surface area contributed by atoms with Crippen LogP contribution in [0.4, 0.5) is 0 Å². The van der Waals surface area contributed by atoms with Crippen LogP contribution in [0.3, 0.4) is 0 Å². The molecule has 3 heterocycles. The van der Waals surface area contributed by atoms with Crippen molar-refractivity contribution >= 4 is 35.5 Å².